The molecule has 0 unspecified atom stereocenters. The lowest BCUT2D eigenvalue weighted by atomic mass is 10.0. The van der Waals surface area contributed by atoms with Gasteiger partial charge in [-0.2, -0.15) is 0 Å². The third-order valence-corrected chi connectivity index (χ3v) is 4.03. The summed E-state index contributed by atoms with van der Waals surface area (Å²) in [7, 11) is 0. The van der Waals surface area contributed by atoms with Gasteiger partial charge < -0.3 is 9.52 Å². The smallest absolute Gasteiger partial charge is 0.232 e. The second-order valence-electron chi connectivity index (χ2n) is 5.55. The zero-order valence-electron chi connectivity index (χ0n) is 12.8. The van der Waals surface area contributed by atoms with E-state index < -0.39 is 0 Å². The summed E-state index contributed by atoms with van der Waals surface area (Å²) in [6, 6.07) is 24.3. The van der Waals surface area contributed by atoms with Crippen LogP contribution in [-0.4, -0.2) is 10.9 Å². The zero-order chi connectivity index (χ0) is 16.5. The number of hydrogen-bond donors (Lipinski definition) is 1. The second kappa shape index (κ2) is 5.70. The summed E-state index contributed by atoms with van der Waals surface area (Å²) in [6.07, 6.45) is 0. The number of carbonyl (C=O) groups excluding carboxylic acids is 1. The first-order valence-corrected chi connectivity index (χ1v) is 7.65. The Morgan fingerprint density at radius 1 is 0.750 bits per heavy atom. The molecule has 0 saturated heterocycles. The van der Waals surface area contributed by atoms with Gasteiger partial charge in [-0.05, 0) is 23.3 Å². The molecule has 0 aliphatic rings. The summed E-state index contributed by atoms with van der Waals surface area (Å²) in [5, 5.41) is 10.8. The molecule has 1 N–H and O–H groups in total. The van der Waals surface area contributed by atoms with E-state index in [0.29, 0.717) is 16.5 Å². The lowest BCUT2D eigenvalue weighted by Gasteiger charge is -2.03. The van der Waals surface area contributed by atoms with Crippen molar-refractivity contribution in [1.29, 1.82) is 0 Å². The SMILES string of the molecule is O=C(c1ccc(-c2ccccc2)cc1)c1oc2ccccc2c1O. The molecule has 3 heteroatoms. The van der Waals surface area contributed by atoms with Crippen molar-refractivity contribution in [2.45, 2.75) is 0 Å². The maximum absolute atomic E-state index is 12.6. The normalized spacial score (nSPS) is 10.8. The van der Waals surface area contributed by atoms with Gasteiger partial charge >= 0.3 is 0 Å². The van der Waals surface area contributed by atoms with Crippen LogP contribution in [0, 0.1) is 0 Å². The molecular formula is C21H14O3. The van der Waals surface area contributed by atoms with Crippen molar-refractivity contribution >= 4 is 16.8 Å². The molecule has 24 heavy (non-hydrogen) atoms. The summed E-state index contributed by atoms with van der Waals surface area (Å²) >= 11 is 0. The van der Waals surface area contributed by atoms with Crippen LogP contribution in [0.4, 0.5) is 0 Å². The first-order valence-electron chi connectivity index (χ1n) is 7.65. The van der Waals surface area contributed by atoms with E-state index in [-0.39, 0.29) is 17.3 Å². The number of para-hydroxylation sites is 1. The predicted octanol–water partition coefficient (Wildman–Crippen LogP) is 5.04. The Hall–Kier alpha value is -3.33. The summed E-state index contributed by atoms with van der Waals surface area (Å²) in [5.74, 6) is -0.463. The monoisotopic (exact) mass is 314 g/mol. The van der Waals surface area contributed by atoms with Gasteiger partial charge in [0.1, 0.15) is 5.58 Å². The molecule has 0 atom stereocenters. The molecule has 4 rings (SSSR count). The summed E-state index contributed by atoms with van der Waals surface area (Å²) in [5.41, 5.74) is 3.09. The Balaban J connectivity index is 1.70. The fraction of sp³-hybridized carbons (Fsp3) is 0. The molecule has 0 amide bonds. The summed E-state index contributed by atoms with van der Waals surface area (Å²) < 4.78 is 5.53. The van der Waals surface area contributed by atoms with Gasteiger partial charge in [-0.1, -0.05) is 66.7 Å². The Labute approximate surface area is 138 Å². The Kier molecular flexibility index (Phi) is 3.39. The largest absolute Gasteiger partial charge is 0.504 e. The van der Waals surface area contributed by atoms with Gasteiger partial charge in [0.2, 0.25) is 11.5 Å². The van der Waals surface area contributed by atoms with Crippen molar-refractivity contribution in [1.82, 2.24) is 0 Å². The lowest BCUT2D eigenvalue weighted by Crippen LogP contribution is -1.99. The highest BCUT2D eigenvalue weighted by molar-refractivity contribution is 6.12. The molecule has 0 aliphatic heterocycles. The molecule has 1 aromatic heterocycles. The molecule has 0 aliphatic carbocycles. The van der Waals surface area contributed by atoms with Crippen molar-refractivity contribution < 1.29 is 14.3 Å². The van der Waals surface area contributed by atoms with Crippen LogP contribution in [0.5, 0.6) is 5.75 Å². The van der Waals surface area contributed by atoms with Gasteiger partial charge in [-0.25, -0.2) is 0 Å². The fourth-order valence-electron chi connectivity index (χ4n) is 2.76. The van der Waals surface area contributed by atoms with Gasteiger partial charge in [0.05, 0.1) is 5.39 Å². The van der Waals surface area contributed by atoms with E-state index in [1.165, 1.54) is 0 Å². The van der Waals surface area contributed by atoms with Gasteiger partial charge in [0.25, 0.3) is 0 Å². The van der Waals surface area contributed by atoms with Crippen LogP contribution in [0.2, 0.25) is 0 Å². The Bertz CT molecular complexity index is 1010. The minimum absolute atomic E-state index is 0.0244. The van der Waals surface area contributed by atoms with E-state index in [2.05, 4.69) is 0 Å². The Morgan fingerprint density at radius 2 is 1.38 bits per heavy atom. The topological polar surface area (TPSA) is 50.4 Å². The molecule has 1 heterocycles. The highest BCUT2D eigenvalue weighted by Crippen LogP contribution is 2.33. The molecule has 0 radical (unpaired) electrons. The Morgan fingerprint density at radius 3 is 2.08 bits per heavy atom. The van der Waals surface area contributed by atoms with Crippen LogP contribution >= 0.6 is 0 Å². The molecule has 3 nitrogen and oxygen atoms in total. The molecule has 0 bridgehead atoms. The van der Waals surface area contributed by atoms with E-state index in [1.807, 2.05) is 42.5 Å². The van der Waals surface area contributed by atoms with Crippen LogP contribution in [0.25, 0.3) is 22.1 Å². The lowest BCUT2D eigenvalue weighted by molar-refractivity contribution is 0.101. The number of benzene rings is 3. The van der Waals surface area contributed by atoms with Gasteiger partial charge in [0, 0.05) is 5.56 Å². The fourth-order valence-corrected chi connectivity index (χ4v) is 2.76. The quantitative estimate of drug-likeness (QED) is 0.539. The van der Waals surface area contributed by atoms with Crippen molar-refractivity contribution in [2.24, 2.45) is 0 Å². The van der Waals surface area contributed by atoms with Crippen LogP contribution in [0.1, 0.15) is 16.1 Å². The third kappa shape index (κ3) is 2.36. The van der Waals surface area contributed by atoms with Crippen molar-refractivity contribution in [3.8, 4) is 16.9 Å². The average molecular weight is 314 g/mol. The average Bonchev–Trinajstić information content (AvgIpc) is 2.99. The summed E-state index contributed by atoms with van der Waals surface area (Å²) in [6.45, 7) is 0. The molecule has 0 saturated carbocycles. The minimum atomic E-state index is -0.330. The predicted molar refractivity (Wildman–Crippen MR) is 93.2 cm³/mol. The highest BCUT2D eigenvalue weighted by atomic mass is 16.4. The van der Waals surface area contributed by atoms with E-state index in [0.717, 1.165) is 11.1 Å². The first-order chi connectivity index (χ1) is 11.7. The van der Waals surface area contributed by atoms with Crippen LogP contribution in [0.3, 0.4) is 0 Å². The van der Waals surface area contributed by atoms with E-state index in [4.69, 9.17) is 4.42 Å². The molecule has 116 valence electrons. The highest BCUT2D eigenvalue weighted by Gasteiger charge is 2.21. The number of rotatable bonds is 3. The van der Waals surface area contributed by atoms with E-state index in [1.54, 1.807) is 36.4 Å². The molecule has 3 aromatic carbocycles. The number of carbonyl (C=O) groups is 1. The number of furan rings is 1. The summed E-state index contributed by atoms with van der Waals surface area (Å²) in [4.78, 5) is 12.6. The maximum Gasteiger partial charge on any atom is 0.232 e. The standard InChI is InChI=1S/C21H14O3/c22-19(21-20(23)17-8-4-5-9-18(17)24-21)16-12-10-15(11-13-16)14-6-2-1-3-7-14/h1-13,23H. The van der Waals surface area contributed by atoms with Crippen molar-refractivity contribution in [3.05, 3.63) is 90.2 Å². The van der Waals surface area contributed by atoms with Crippen LogP contribution < -0.4 is 0 Å². The van der Waals surface area contributed by atoms with Crippen molar-refractivity contribution in [2.75, 3.05) is 0 Å². The number of ketones is 1. The van der Waals surface area contributed by atoms with Gasteiger partial charge in [-0.15, -0.1) is 0 Å². The molecule has 4 aromatic rings. The van der Waals surface area contributed by atoms with Gasteiger partial charge in [0.15, 0.2) is 5.75 Å². The van der Waals surface area contributed by atoms with Crippen molar-refractivity contribution in [3.63, 3.8) is 0 Å². The number of aromatic hydroxyl groups is 1. The van der Waals surface area contributed by atoms with E-state index in [9.17, 15) is 9.90 Å². The van der Waals surface area contributed by atoms with Crippen LogP contribution in [0.15, 0.2) is 83.3 Å². The van der Waals surface area contributed by atoms with Gasteiger partial charge in [-0.3, -0.25) is 4.79 Å². The minimum Gasteiger partial charge on any atom is -0.504 e. The molecular weight excluding hydrogens is 300 g/mol. The van der Waals surface area contributed by atoms with E-state index >= 15 is 0 Å². The zero-order valence-corrected chi connectivity index (χ0v) is 12.8. The first kappa shape index (κ1) is 14.3. The second-order valence-corrected chi connectivity index (χ2v) is 5.55. The van der Waals surface area contributed by atoms with Crippen LogP contribution in [-0.2, 0) is 0 Å². The third-order valence-electron chi connectivity index (χ3n) is 4.03. The maximum atomic E-state index is 12.6. The number of fused-ring (bicyclic) bond motifs is 1. The molecule has 0 fully saturated rings. The number of hydrogen-bond acceptors (Lipinski definition) is 3. The molecule has 0 spiro atoms.